The van der Waals surface area contributed by atoms with Crippen LogP contribution in [0.2, 0.25) is 0 Å². The Bertz CT molecular complexity index is 222. The molecule has 0 atom stereocenters. The molecule has 73 valence electrons. The normalized spacial score (nSPS) is 9.92. The van der Waals surface area contributed by atoms with Gasteiger partial charge in [0.15, 0.2) is 0 Å². The highest BCUT2D eigenvalue weighted by molar-refractivity contribution is 7.75. The molecule has 0 bridgehead atoms. The van der Waals surface area contributed by atoms with E-state index in [2.05, 4.69) is 23.2 Å². The van der Waals surface area contributed by atoms with Gasteiger partial charge in [-0.1, -0.05) is 12.1 Å². The first-order chi connectivity index (χ1) is 5.93. The third-order valence-electron chi connectivity index (χ3n) is 0.793. The van der Waals surface area contributed by atoms with Crippen LogP contribution in [-0.4, -0.2) is 7.25 Å². The van der Waals surface area contributed by atoms with Crippen LogP contribution >= 0.6 is 12.9 Å². The highest BCUT2D eigenvalue weighted by Crippen LogP contribution is 2.08. The second kappa shape index (κ2) is 5.74. The molecular weight excluding hydrogens is 207 g/mol. The number of benzene rings is 1. The molecule has 0 aliphatic heterocycles. The summed E-state index contributed by atoms with van der Waals surface area (Å²) in [6, 6.07) is 9.96. The summed E-state index contributed by atoms with van der Waals surface area (Å²) in [5.41, 5.74) is 0. The van der Waals surface area contributed by atoms with Crippen molar-refractivity contribution in [3.63, 3.8) is 0 Å². The summed E-state index contributed by atoms with van der Waals surface area (Å²) < 4.78 is 43.6. The molecule has 1 aromatic carbocycles. The van der Waals surface area contributed by atoms with Crippen LogP contribution in [0.4, 0.5) is 17.3 Å². The van der Waals surface area contributed by atoms with Crippen molar-refractivity contribution in [3.8, 4) is 5.75 Å². The Morgan fingerprint density at radius 3 is 1.77 bits per heavy atom. The SMILES string of the molecule is F[B-](F)(F)F.SOc1cc[c]cc1. The van der Waals surface area contributed by atoms with Crippen molar-refractivity contribution < 1.29 is 21.4 Å². The van der Waals surface area contributed by atoms with E-state index in [-0.39, 0.29) is 0 Å². The van der Waals surface area contributed by atoms with E-state index in [0.29, 0.717) is 0 Å². The zero-order valence-electron chi connectivity index (χ0n) is 6.25. The van der Waals surface area contributed by atoms with Crippen LogP contribution in [0.25, 0.3) is 0 Å². The fraction of sp³-hybridized carbons (Fsp3) is 0. The van der Waals surface area contributed by atoms with Crippen molar-refractivity contribution in [3.05, 3.63) is 30.3 Å². The van der Waals surface area contributed by atoms with Crippen molar-refractivity contribution >= 4 is 20.2 Å². The molecule has 0 aliphatic rings. The van der Waals surface area contributed by atoms with E-state index in [9.17, 15) is 17.3 Å². The lowest BCUT2D eigenvalue weighted by atomic mass is 10.3. The minimum Gasteiger partial charge on any atom is -0.429 e. The van der Waals surface area contributed by atoms with Crippen molar-refractivity contribution in [2.24, 2.45) is 0 Å². The van der Waals surface area contributed by atoms with Gasteiger partial charge in [0.25, 0.3) is 0 Å². The Morgan fingerprint density at radius 2 is 1.54 bits per heavy atom. The van der Waals surface area contributed by atoms with Crippen molar-refractivity contribution in [2.75, 3.05) is 0 Å². The third kappa shape index (κ3) is 11.2. The molecule has 0 unspecified atom stereocenters. The van der Waals surface area contributed by atoms with Gasteiger partial charge in [-0.05, 0) is 18.2 Å². The molecule has 0 fully saturated rings. The number of rotatable bonds is 1. The molecule has 1 aromatic rings. The quantitative estimate of drug-likeness (QED) is 0.325. The van der Waals surface area contributed by atoms with Gasteiger partial charge in [0, 0.05) is 12.9 Å². The van der Waals surface area contributed by atoms with E-state index in [1.165, 1.54) is 0 Å². The zero-order valence-corrected chi connectivity index (χ0v) is 7.15. The van der Waals surface area contributed by atoms with E-state index >= 15 is 0 Å². The molecule has 0 aliphatic carbocycles. The molecule has 1 radical (unpaired) electrons. The van der Waals surface area contributed by atoms with Crippen LogP contribution in [-0.2, 0) is 0 Å². The maximum Gasteiger partial charge on any atom is 0.673 e. The molecule has 0 aromatic heterocycles. The molecule has 0 amide bonds. The van der Waals surface area contributed by atoms with Gasteiger partial charge in [-0.25, -0.2) is 0 Å². The average molecular weight is 212 g/mol. The van der Waals surface area contributed by atoms with Crippen LogP contribution < -0.4 is 4.18 Å². The Morgan fingerprint density at radius 1 is 1.15 bits per heavy atom. The predicted molar refractivity (Wildman–Crippen MR) is 45.1 cm³/mol. The van der Waals surface area contributed by atoms with Crippen molar-refractivity contribution in [1.82, 2.24) is 0 Å². The molecule has 0 saturated heterocycles. The molecule has 0 N–H and O–H groups in total. The first-order valence-electron chi connectivity index (χ1n) is 3.08. The lowest BCUT2D eigenvalue weighted by molar-refractivity contribution is 0.368. The summed E-state index contributed by atoms with van der Waals surface area (Å²) in [5, 5.41) is 0. The Hall–Kier alpha value is -0.845. The van der Waals surface area contributed by atoms with E-state index < -0.39 is 7.25 Å². The minimum absolute atomic E-state index is 0.743. The summed E-state index contributed by atoms with van der Waals surface area (Å²) in [5.74, 6) is 0.743. The van der Waals surface area contributed by atoms with E-state index in [4.69, 9.17) is 0 Å². The molecule has 13 heavy (non-hydrogen) atoms. The molecule has 0 spiro atoms. The number of hydrogen-bond acceptors (Lipinski definition) is 2. The van der Waals surface area contributed by atoms with Crippen LogP contribution in [0.3, 0.4) is 0 Å². The monoisotopic (exact) mass is 212 g/mol. The second-order valence-electron chi connectivity index (χ2n) is 1.82. The topological polar surface area (TPSA) is 9.23 Å². The van der Waals surface area contributed by atoms with Crippen LogP contribution in [0.1, 0.15) is 0 Å². The summed E-state index contributed by atoms with van der Waals surface area (Å²) in [4.78, 5) is 0. The summed E-state index contributed by atoms with van der Waals surface area (Å²) in [6.45, 7) is 0. The van der Waals surface area contributed by atoms with Crippen molar-refractivity contribution in [2.45, 2.75) is 0 Å². The molecule has 0 saturated carbocycles. The van der Waals surface area contributed by atoms with Gasteiger partial charge in [-0.2, -0.15) is 0 Å². The molecule has 1 nitrogen and oxygen atoms in total. The van der Waals surface area contributed by atoms with E-state index in [1.54, 1.807) is 24.3 Å². The Balaban J connectivity index is 0.000000252. The van der Waals surface area contributed by atoms with Gasteiger partial charge in [0.1, 0.15) is 5.75 Å². The average Bonchev–Trinajstić information content (AvgIpc) is 2.03. The summed E-state index contributed by atoms with van der Waals surface area (Å²) >= 11 is 3.60. The fourth-order valence-corrected chi connectivity index (χ4v) is 0.554. The van der Waals surface area contributed by atoms with Crippen LogP contribution in [0.15, 0.2) is 24.3 Å². The molecular formula is C6H5BF4OS-. The van der Waals surface area contributed by atoms with Gasteiger partial charge in [0.05, 0.1) is 0 Å². The van der Waals surface area contributed by atoms with Crippen LogP contribution in [0.5, 0.6) is 5.75 Å². The maximum absolute atomic E-state index is 9.75. The number of thiol groups is 1. The van der Waals surface area contributed by atoms with E-state index in [1.807, 2.05) is 0 Å². The Kier molecular flexibility index (Phi) is 5.37. The lowest BCUT2D eigenvalue weighted by Gasteiger charge is -1.94. The largest absolute Gasteiger partial charge is 0.673 e. The van der Waals surface area contributed by atoms with Gasteiger partial charge in [-0.15, -0.1) is 0 Å². The highest BCUT2D eigenvalue weighted by atomic mass is 32.1. The molecule has 7 heteroatoms. The first-order valence-corrected chi connectivity index (χ1v) is 3.45. The van der Waals surface area contributed by atoms with Gasteiger partial charge in [-0.3, -0.25) is 0 Å². The highest BCUT2D eigenvalue weighted by Gasteiger charge is 2.20. The van der Waals surface area contributed by atoms with Gasteiger partial charge < -0.3 is 21.4 Å². The first kappa shape index (κ1) is 12.2. The number of halogens is 4. The van der Waals surface area contributed by atoms with Gasteiger partial charge in [0.2, 0.25) is 0 Å². The number of hydrogen-bond donors (Lipinski definition) is 1. The Labute approximate surface area is 78.4 Å². The fourth-order valence-electron chi connectivity index (χ4n) is 0.432. The third-order valence-corrected chi connectivity index (χ3v) is 1.00. The van der Waals surface area contributed by atoms with Crippen LogP contribution in [0, 0.1) is 6.07 Å². The predicted octanol–water partition coefficient (Wildman–Crippen LogP) is 3.01. The van der Waals surface area contributed by atoms with E-state index in [0.717, 1.165) is 5.75 Å². The lowest BCUT2D eigenvalue weighted by Crippen LogP contribution is -2.02. The summed E-state index contributed by atoms with van der Waals surface area (Å²) in [7, 11) is -6.00. The zero-order chi connectivity index (χ0) is 10.3. The molecule has 0 heterocycles. The second-order valence-corrected chi connectivity index (χ2v) is 2.00. The minimum atomic E-state index is -6.00. The summed E-state index contributed by atoms with van der Waals surface area (Å²) in [6.07, 6.45) is 0. The smallest absolute Gasteiger partial charge is 0.429 e. The van der Waals surface area contributed by atoms with Gasteiger partial charge >= 0.3 is 7.25 Å². The maximum atomic E-state index is 9.75. The standard InChI is InChI=1S/C6H5OS.BF4/c8-7-6-4-2-1-3-5-6;2-1(3,4)5/h2-5,8H;/q;-1. The molecule has 1 rings (SSSR count). The van der Waals surface area contributed by atoms with Crippen molar-refractivity contribution in [1.29, 1.82) is 0 Å².